The molecule has 1 aliphatic rings. The van der Waals surface area contributed by atoms with Crippen molar-refractivity contribution in [3.8, 4) is 29.0 Å². The molecule has 0 aromatic carbocycles. The van der Waals surface area contributed by atoms with Crippen molar-refractivity contribution in [1.29, 1.82) is 5.26 Å². The quantitative estimate of drug-likeness (QED) is 0.573. The van der Waals surface area contributed by atoms with Crippen molar-refractivity contribution < 1.29 is 9.47 Å². The van der Waals surface area contributed by atoms with Crippen molar-refractivity contribution in [2.75, 3.05) is 12.4 Å². The number of nitrogens with two attached hydrogens (primary N) is 1. The molecule has 3 aromatic rings. The second-order valence-electron chi connectivity index (χ2n) is 6.70. The minimum Gasteiger partial charge on any atom is -0.489 e. The Balaban J connectivity index is 1.59. The Kier molecular flexibility index (Phi) is 5.22. The van der Waals surface area contributed by atoms with Gasteiger partial charge in [-0.2, -0.15) is 10.4 Å². The minimum atomic E-state index is 0.0605. The predicted octanol–water partition coefficient (Wildman–Crippen LogP) is 2.14. The smallest absolute Gasteiger partial charge is 0.226 e. The van der Waals surface area contributed by atoms with Gasteiger partial charge in [0.15, 0.2) is 11.5 Å². The van der Waals surface area contributed by atoms with Crippen LogP contribution in [0.15, 0.2) is 30.7 Å². The van der Waals surface area contributed by atoms with Gasteiger partial charge in [-0.3, -0.25) is 5.10 Å². The first-order valence-corrected chi connectivity index (χ1v) is 9.16. The zero-order valence-corrected chi connectivity index (χ0v) is 15.8. The van der Waals surface area contributed by atoms with E-state index in [2.05, 4.69) is 30.5 Å². The number of anilines is 2. The van der Waals surface area contributed by atoms with E-state index in [1.165, 1.54) is 12.4 Å². The topological polar surface area (TPSA) is 148 Å². The Bertz CT molecular complexity index is 1030. The number of hydrogen-bond donors (Lipinski definition) is 3. The first-order chi connectivity index (χ1) is 14.2. The van der Waals surface area contributed by atoms with Crippen LogP contribution in [0.2, 0.25) is 0 Å². The van der Waals surface area contributed by atoms with Crippen LogP contribution in [-0.2, 0) is 0 Å². The summed E-state index contributed by atoms with van der Waals surface area (Å²) in [6.07, 6.45) is 7.24. The summed E-state index contributed by atoms with van der Waals surface area (Å²) < 4.78 is 11.6. The molecule has 0 aliphatic heterocycles. The van der Waals surface area contributed by atoms with E-state index in [0.717, 1.165) is 19.3 Å². The van der Waals surface area contributed by atoms with Crippen molar-refractivity contribution in [3.63, 3.8) is 0 Å². The van der Waals surface area contributed by atoms with Crippen LogP contribution in [0.4, 0.5) is 11.6 Å². The number of nitriles is 1. The van der Waals surface area contributed by atoms with Crippen LogP contribution in [0.25, 0.3) is 11.3 Å². The summed E-state index contributed by atoms with van der Waals surface area (Å²) in [5.74, 6) is 2.08. The molecule has 1 saturated carbocycles. The standard InChI is InChI=1S/C19H20N8O2/c1-28-19-18(15(4-5-22-19)29-13-3-2-11(21)6-13)14-7-16(27-26-14)25-17-10-23-12(8-20)9-24-17/h4-5,7,9-11,13H,2-3,6,21H2,1H3,(H2,24,25,26,27)/t11-,13+/m0/s1. The SMILES string of the molecule is COc1nccc(O[C@@H]2CC[C@H](N)C2)c1-c1cc(Nc2cnc(C#N)cn2)n[nH]1. The number of nitrogens with zero attached hydrogens (tertiary/aromatic N) is 5. The molecule has 2 atom stereocenters. The van der Waals surface area contributed by atoms with E-state index < -0.39 is 0 Å². The van der Waals surface area contributed by atoms with Gasteiger partial charge < -0.3 is 20.5 Å². The molecule has 0 bridgehead atoms. The fourth-order valence-corrected chi connectivity index (χ4v) is 3.28. The summed E-state index contributed by atoms with van der Waals surface area (Å²) in [5, 5.41) is 19.1. The highest BCUT2D eigenvalue weighted by atomic mass is 16.5. The number of methoxy groups -OCH3 is 1. The fraction of sp³-hybridized carbons (Fsp3) is 0.316. The maximum absolute atomic E-state index is 8.81. The number of aromatic amines is 1. The average Bonchev–Trinajstić information content (AvgIpc) is 3.37. The highest BCUT2D eigenvalue weighted by Gasteiger charge is 2.26. The molecule has 0 amide bonds. The third-order valence-electron chi connectivity index (χ3n) is 4.66. The number of H-pyrrole nitrogens is 1. The lowest BCUT2D eigenvalue weighted by Crippen LogP contribution is -2.19. The van der Waals surface area contributed by atoms with Crippen LogP contribution < -0.4 is 20.5 Å². The van der Waals surface area contributed by atoms with Gasteiger partial charge in [-0.15, -0.1) is 0 Å². The Hall–Kier alpha value is -3.71. The fourth-order valence-electron chi connectivity index (χ4n) is 3.28. The summed E-state index contributed by atoms with van der Waals surface area (Å²) in [6, 6.07) is 5.70. The van der Waals surface area contributed by atoms with E-state index in [9.17, 15) is 0 Å². The van der Waals surface area contributed by atoms with Crippen molar-refractivity contribution in [3.05, 3.63) is 36.4 Å². The first-order valence-electron chi connectivity index (χ1n) is 9.16. The van der Waals surface area contributed by atoms with Gasteiger partial charge in [0.2, 0.25) is 5.88 Å². The van der Waals surface area contributed by atoms with E-state index in [-0.39, 0.29) is 17.8 Å². The van der Waals surface area contributed by atoms with E-state index in [0.29, 0.717) is 34.5 Å². The monoisotopic (exact) mass is 392 g/mol. The van der Waals surface area contributed by atoms with Crippen LogP contribution in [0.5, 0.6) is 11.6 Å². The van der Waals surface area contributed by atoms with Crippen molar-refractivity contribution in [2.45, 2.75) is 31.4 Å². The molecule has 0 saturated heterocycles. The van der Waals surface area contributed by atoms with Gasteiger partial charge in [0.05, 0.1) is 25.2 Å². The summed E-state index contributed by atoms with van der Waals surface area (Å²) in [4.78, 5) is 12.4. The second-order valence-corrected chi connectivity index (χ2v) is 6.70. The molecule has 4 rings (SSSR count). The predicted molar refractivity (Wildman–Crippen MR) is 105 cm³/mol. The number of hydrogen-bond acceptors (Lipinski definition) is 9. The number of ether oxygens (including phenoxy) is 2. The van der Waals surface area contributed by atoms with Crippen LogP contribution in [0, 0.1) is 11.3 Å². The Morgan fingerprint density at radius 2 is 2.14 bits per heavy atom. The Morgan fingerprint density at radius 3 is 2.83 bits per heavy atom. The molecule has 0 radical (unpaired) electrons. The third kappa shape index (κ3) is 4.09. The minimum absolute atomic E-state index is 0.0605. The molecule has 3 aromatic heterocycles. The van der Waals surface area contributed by atoms with Gasteiger partial charge in [-0.25, -0.2) is 15.0 Å². The van der Waals surface area contributed by atoms with Crippen LogP contribution in [0.3, 0.4) is 0 Å². The molecule has 0 spiro atoms. The molecular formula is C19H20N8O2. The van der Waals surface area contributed by atoms with Crippen molar-refractivity contribution in [1.82, 2.24) is 25.1 Å². The Morgan fingerprint density at radius 1 is 1.24 bits per heavy atom. The molecular weight excluding hydrogens is 372 g/mol. The largest absolute Gasteiger partial charge is 0.489 e. The lowest BCUT2D eigenvalue weighted by atomic mass is 10.1. The van der Waals surface area contributed by atoms with Gasteiger partial charge in [-0.1, -0.05) is 0 Å². The maximum atomic E-state index is 8.81. The van der Waals surface area contributed by atoms with Gasteiger partial charge in [0.25, 0.3) is 0 Å². The molecule has 148 valence electrons. The molecule has 4 N–H and O–H groups in total. The van der Waals surface area contributed by atoms with Crippen LogP contribution in [-0.4, -0.2) is 44.4 Å². The summed E-state index contributed by atoms with van der Waals surface area (Å²) >= 11 is 0. The molecule has 10 heteroatoms. The zero-order chi connectivity index (χ0) is 20.2. The summed E-state index contributed by atoms with van der Waals surface area (Å²) in [7, 11) is 1.56. The van der Waals surface area contributed by atoms with Crippen molar-refractivity contribution >= 4 is 11.6 Å². The van der Waals surface area contributed by atoms with Gasteiger partial charge >= 0.3 is 0 Å². The molecule has 1 aliphatic carbocycles. The zero-order valence-electron chi connectivity index (χ0n) is 15.8. The number of pyridine rings is 1. The molecule has 3 heterocycles. The normalized spacial score (nSPS) is 18.2. The molecule has 10 nitrogen and oxygen atoms in total. The summed E-state index contributed by atoms with van der Waals surface area (Å²) in [6.45, 7) is 0. The van der Waals surface area contributed by atoms with Gasteiger partial charge in [-0.05, 0) is 25.3 Å². The van der Waals surface area contributed by atoms with E-state index in [1.807, 2.05) is 12.1 Å². The van der Waals surface area contributed by atoms with Gasteiger partial charge in [0.1, 0.15) is 29.3 Å². The van der Waals surface area contributed by atoms with Gasteiger partial charge in [0, 0.05) is 18.3 Å². The van der Waals surface area contributed by atoms with E-state index >= 15 is 0 Å². The summed E-state index contributed by atoms with van der Waals surface area (Å²) in [5.41, 5.74) is 7.61. The van der Waals surface area contributed by atoms with E-state index in [1.54, 1.807) is 19.4 Å². The second kappa shape index (κ2) is 8.12. The lowest BCUT2D eigenvalue weighted by molar-refractivity contribution is 0.208. The van der Waals surface area contributed by atoms with Crippen molar-refractivity contribution in [2.24, 2.45) is 5.73 Å². The van der Waals surface area contributed by atoms with E-state index in [4.69, 9.17) is 20.5 Å². The first kappa shape index (κ1) is 18.6. The molecule has 29 heavy (non-hydrogen) atoms. The molecule has 0 unspecified atom stereocenters. The lowest BCUT2D eigenvalue weighted by Gasteiger charge is -2.17. The third-order valence-corrected chi connectivity index (χ3v) is 4.66. The van der Waals surface area contributed by atoms with Crippen LogP contribution in [0.1, 0.15) is 25.0 Å². The highest BCUT2D eigenvalue weighted by Crippen LogP contribution is 2.38. The average molecular weight is 392 g/mol. The van der Waals surface area contributed by atoms with Crippen LogP contribution >= 0.6 is 0 Å². The molecule has 1 fully saturated rings. The Labute approximate surface area is 167 Å². The number of aromatic nitrogens is 5. The number of rotatable bonds is 6. The highest BCUT2D eigenvalue weighted by molar-refractivity contribution is 5.74. The maximum Gasteiger partial charge on any atom is 0.226 e. The number of nitrogens with one attached hydrogen (secondary N) is 2.